The lowest BCUT2D eigenvalue weighted by Crippen LogP contribution is -2.44. The fourth-order valence-electron chi connectivity index (χ4n) is 3.18. The molecule has 0 bridgehead atoms. The third-order valence-corrected chi connectivity index (χ3v) is 4.62. The molecular formula is C18H28N2O4. The Morgan fingerprint density at radius 3 is 2.33 bits per heavy atom. The molecule has 2 rings (SSSR count). The van der Waals surface area contributed by atoms with Crippen LogP contribution in [0.2, 0.25) is 0 Å². The van der Waals surface area contributed by atoms with Crippen LogP contribution in [0.5, 0.6) is 11.5 Å². The van der Waals surface area contributed by atoms with E-state index in [9.17, 15) is 9.90 Å². The number of methoxy groups -OCH3 is 2. The van der Waals surface area contributed by atoms with Crippen LogP contribution in [0, 0.1) is 6.92 Å². The fourth-order valence-corrected chi connectivity index (χ4v) is 3.18. The van der Waals surface area contributed by atoms with Crippen molar-refractivity contribution in [1.29, 1.82) is 0 Å². The van der Waals surface area contributed by atoms with Crippen molar-refractivity contribution in [1.82, 2.24) is 10.6 Å². The maximum Gasteiger partial charge on any atom is 0.315 e. The van der Waals surface area contributed by atoms with E-state index >= 15 is 0 Å². The van der Waals surface area contributed by atoms with Gasteiger partial charge in [-0.1, -0.05) is 0 Å². The van der Waals surface area contributed by atoms with Gasteiger partial charge >= 0.3 is 6.03 Å². The Morgan fingerprint density at radius 1 is 1.17 bits per heavy atom. The van der Waals surface area contributed by atoms with Gasteiger partial charge in [-0.15, -0.1) is 0 Å². The van der Waals surface area contributed by atoms with Gasteiger partial charge in [-0.3, -0.25) is 0 Å². The van der Waals surface area contributed by atoms with Crippen LogP contribution >= 0.6 is 0 Å². The molecule has 24 heavy (non-hydrogen) atoms. The first-order valence-corrected chi connectivity index (χ1v) is 8.42. The van der Waals surface area contributed by atoms with Crippen molar-refractivity contribution in [3.8, 4) is 11.5 Å². The van der Waals surface area contributed by atoms with Crippen molar-refractivity contribution in [2.45, 2.75) is 57.7 Å². The average Bonchev–Trinajstić information content (AvgIpc) is 2.56. The van der Waals surface area contributed by atoms with Crippen LogP contribution in [0.15, 0.2) is 12.1 Å². The van der Waals surface area contributed by atoms with E-state index in [-0.39, 0.29) is 24.2 Å². The number of carbonyl (C=O) groups is 1. The minimum absolute atomic E-state index is 0.132. The Bertz CT molecular complexity index is 568. The van der Waals surface area contributed by atoms with Crippen molar-refractivity contribution in [2.75, 3.05) is 14.2 Å². The number of ether oxygens (including phenoxy) is 2. The van der Waals surface area contributed by atoms with E-state index in [0.717, 1.165) is 36.8 Å². The van der Waals surface area contributed by atoms with Gasteiger partial charge < -0.3 is 25.2 Å². The predicted octanol–water partition coefficient (Wildman–Crippen LogP) is 2.68. The summed E-state index contributed by atoms with van der Waals surface area (Å²) in [5.74, 6) is 1.32. The highest BCUT2D eigenvalue weighted by Gasteiger charge is 2.22. The first-order chi connectivity index (χ1) is 11.4. The monoisotopic (exact) mass is 336 g/mol. The number of carbonyl (C=O) groups excluding carboxylic acids is 1. The first kappa shape index (κ1) is 18.4. The Hall–Kier alpha value is -1.95. The van der Waals surface area contributed by atoms with Crippen LogP contribution in [-0.2, 0) is 0 Å². The number of aliphatic hydroxyl groups is 1. The highest BCUT2D eigenvalue weighted by molar-refractivity contribution is 5.75. The largest absolute Gasteiger partial charge is 0.493 e. The molecule has 0 aromatic heterocycles. The molecule has 1 saturated carbocycles. The highest BCUT2D eigenvalue weighted by atomic mass is 16.5. The van der Waals surface area contributed by atoms with Crippen LogP contribution in [0.4, 0.5) is 4.79 Å². The summed E-state index contributed by atoms with van der Waals surface area (Å²) in [6, 6.07) is 3.60. The van der Waals surface area contributed by atoms with Gasteiger partial charge in [0.15, 0.2) is 11.5 Å². The smallest absolute Gasteiger partial charge is 0.315 e. The minimum atomic E-state index is -0.223. The molecule has 0 heterocycles. The van der Waals surface area contributed by atoms with Crippen molar-refractivity contribution in [3.05, 3.63) is 23.3 Å². The molecule has 1 aliphatic carbocycles. The van der Waals surface area contributed by atoms with Gasteiger partial charge in [0.1, 0.15) is 0 Å². The Kier molecular flexibility index (Phi) is 6.31. The maximum atomic E-state index is 12.2. The number of rotatable bonds is 5. The quantitative estimate of drug-likeness (QED) is 0.772. The number of urea groups is 1. The van der Waals surface area contributed by atoms with Gasteiger partial charge in [0.25, 0.3) is 0 Å². The van der Waals surface area contributed by atoms with Crippen LogP contribution in [-0.4, -0.2) is 37.5 Å². The van der Waals surface area contributed by atoms with E-state index in [2.05, 4.69) is 10.6 Å². The molecule has 1 aromatic carbocycles. The third kappa shape index (κ3) is 4.54. The zero-order valence-electron chi connectivity index (χ0n) is 14.9. The van der Waals surface area contributed by atoms with E-state index in [0.29, 0.717) is 11.5 Å². The molecule has 0 radical (unpaired) electrons. The summed E-state index contributed by atoms with van der Waals surface area (Å²) in [4.78, 5) is 12.2. The highest BCUT2D eigenvalue weighted by Crippen LogP contribution is 2.32. The van der Waals surface area contributed by atoms with Crippen molar-refractivity contribution < 1.29 is 19.4 Å². The number of benzene rings is 1. The fraction of sp³-hybridized carbons (Fsp3) is 0.611. The summed E-state index contributed by atoms with van der Waals surface area (Å²) in [5, 5.41) is 15.5. The van der Waals surface area contributed by atoms with E-state index < -0.39 is 0 Å². The zero-order chi connectivity index (χ0) is 17.7. The number of hydrogen-bond donors (Lipinski definition) is 3. The average molecular weight is 336 g/mol. The lowest BCUT2D eigenvalue weighted by Gasteiger charge is -2.27. The van der Waals surface area contributed by atoms with Crippen LogP contribution in [0.25, 0.3) is 0 Å². The third-order valence-electron chi connectivity index (χ3n) is 4.62. The molecule has 0 aliphatic heterocycles. The zero-order valence-corrected chi connectivity index (χ0v) is 14.9. The van der Waals surface area contributed by atoms with Gasteiger partial charge in [0.2, 0.25) is 0 Å². The lowest BCUT2D eigenvalue weighted by atomic mass is 9.93. The topological polar surface area (TPSA) is 79.8 Å². The van der Waals surface area contributed by atoms with Crippen LogP contribution < -0.4 is 20.1 Å². The Labute approximate surface area is 143 Å². The summed E-state index contributed by atoms with van der Waals surface area (Å²) in [7, 11) is 3.20. The lowest BCUT2D eigenvalue weighted by molar-refractivity contribution is 0.117. The molecule has 0 saturated heterocycles. The first-order valence-electron chi connectivity index (χ1n) is 8.42. The summed E-state index contributed by atoms with van der Waals surface area (Å²) >= 11 is 0. The second-order valence-corrected chi connectivity index (χ2v) is 6.41. The Morgan fingerprint density at radius 2 is 1.75 bits per heavy atom. The molecule has 3 N–H and O–H groups in total. The number of nitrogens with one attached hydrogen (secondary N) is 2. The standard InChI is InChI=1S/C18H28N2O4/c1-11-9-16(23-3)17(24-4)10-15(11)12(2)19-18(22)20-13-5-7-14(21)8-6-13/h9-10,12-14,21H,5-8H2,1-4H3,(H2,19,20,22)/t12-,13?,14?/m1/s1. The molecule has 0 unspecified atom stereocenters. The molecule has 0 spiro atoms. The minimum Gasteiger partial charge on any atom is -0.493 e. The number of hydrogen-bond acceptors (Lipinski definition) is 4. The van der Waals surface area contributed by atoms with Crippen molar-refractivity contribution in [2.24, 2.45) is 0 Å². The molecule has 1 atom stereocenters. The summed E-state index contributed by atoms with van der Waals surface area (Å²) in [5.41, 5.74) is 2.02. The van der Waals surface area contributed by atoms with Gasteiger partial charge in [-0.25, -0.2) is 4.79 Å². The normalized spacial score (nSPS) is 21.7. The van der Waals surface area contributed by atoms with Gasteiger partial charge in [0.05, 0.1) is 26.4 Å². The Balaban J connectivity index is 1.98. The summed E-state index contributed by atoms with van der Waals surface area (Å²) in [6.45, 7) is 3.92. The number of aryl methyl sites for hydroxylation is 1. The molecule has 6 heteroatoms. The van der Waals surface area contributed by atoms with Crippen LogP contribution in [0.1, 0.15) is 49.8 Å². The van der Waals surface area contributed by atoms with Gasteiger partial charge in [-0.05, 0) is 62.8 Å². The van der Waals surface area contributed by atoms with Crippen LogP contribution in [0.3, 0.4) is 0 Å². The van der Waals surface area contributed by atoms with E-state index in [4.69, 9.17) is 9.47 Å². The molecular weight excluding hydrogens is 308 g/mol. The number of amides is 2. The molecule has 1 aliphatic rings. The predicted molar refractivity (Wildman–Crippen MR) is 92.6 cm³/mol. The maximum absolute atomic E-state index is 12.2. The van der Waals surface area contributed by atoms with Crippen molar-refractivity contribution in [3.63, 3.8) is 0 Å². The SMILES string of the molecule is COc1cc(C)c([C@@H](C)NC(=O)NC2CCC(O)CC2)cc1OC. The molecule has 134 valence electrons. The number of aliphatic hydroxyl groups excluding tert-OH is 1. The van der Waals surface area contributed by atoms with Gasteiger partial charge in [-0.2, -0.15) is 0 Å². The van der Waals surface area contributed by atoms with Gasteiger partial charge in [0, 0.05) is 6.04 Å². The summed E-state index contributed by atoms with van der Waals surface area (Å²) < 4.78 is 10.6. The summed E-state index contributed by atoms with van der Waals surface area (Å²) in [6.07, 6.45) is 2.90. The van der Waals surface area contributed by atoms with Crippen molar-refractivity contribution >= 4 is 6.03 Å². The molecule has 1 aromatic rings. The van der Waals surface area contributed by atoms with E-state index in [1.54, 1.807) is 14.2 Å². The second-order valence-electron chi connectivity index (χ2n) is 6.41. The molecule has 2 amide bonds. The van der Waals surface area contributed by atoms with E-state index in [1.165, 1.54) is 0 Å². The molecule has 6 nitrogen and oxygen atoms in total. The second kappa shape index (κ2) is 8.24. The molecule has 1 fully saturated rings. The van der Waals surface area contributed by atoms with E-state index in [1.807, 2.05) is 26.0 Å².